The molecule has 0 saturated heterocycles. The smallest absolute Gasteiger partial charge is 2.00 e. The summed E-state index contributed by atoms with van der Waals surface area (Å²) < 4.78 is 0. The fraction of sp³-hybridized carbons (Fsp3) is 0. The minimum Gasteiger partial charge on any atom is -2.00 e. The van der Waals surface area contributed by atoms with Crippen LogP contribution in [0, 0.1) is 0 Å². The molecule has 0 aliphatic carbocycles. The Kier molecular flexibility index (Phi) is 115. The normalized spacial score (nSPS) is 0. The van der Waals surface area contributed by atoms with Crippen LogP contribution in [0.5, 0.6) is 0 Å². The summed E-state index contributed by atoms with van der Waals surface area (Å²) in [5.41, 5.74) is 0. The van der Waals surface area contributed by atoms with E-state index in [0.717, 1.165) is 0 Å². The zero-order valence-corrected chi connectivity index (χ0v) is 10.4. The van der Waals surface area contributed by atoms with E-state index in [9.17, 15) is 0 Å². The number of rotatable bonds is 0. The van der Waals surface area contributed by atoms with E-state index >= 15 is 0 Å². The molecule has 0 spiro atoms. The molecule has 0 aromatic carbocycles. The van der Waals surface area contributed by atoms with E-state index < -0.39 is 0 Å². The predicted molar refractivity (Wildman–Crippen MR) is 17.3 cm³/mol. The van der Waals surface area contributed by atoms with Crippen LogP contribution in [0.15, 0.2) is 0 Å². The third kappa shape index (κ3) is 8.91. The Hall–Kier alpha value is 3.06. The van der Waals surface area contributed by atoms with Gasteiger partial charge in [-0.15, -0.1) is 0 Å². The van der Waals surface area contributed by atoms with Crippen molar-refractivity contribution < 1.29 is 18.9 Å². The second-order valence-electron chi connectivity index (χ2n) is 0. The zero-order chi connectivity index (χ0) is 0. The number of hydrogen-bond acceptors (Lipinski definition) is 0. The summed E-state index contributed by atoms with van der Waals surface area (Å²) in [6, 6.07) is 0. The first-order chi connectivity index (χ1) is 0. The van der Waals surface area contributed by atoms with Crippen molar-refractivity contribution in [1.82, 2.24) is 0 Å². The molecule has 0 atom stereocenters. The second-order valence-corrected chi connectivity index (χ2v) is 0. The summed E-state index contributed by atoms with van der Waals surface area (Å²) in [7, 11) is 0. The molecule has 4 heavy (non-hydrogen) atoms. The van der Waals surface area contributed by atoms with Gasteiger partial charge in [0.25, 0.3) is 0 Å². The van der Waals surface area contributed by atoms with Gasteiger partial charge in [0.05, 0.1) is 0 Å². The van der Waals surface area contributed by atoms with Crippen LogP contribution in [0.1, 0.15) is 0 Å². The molecule has 0 rings (SSSR count). The quantitative estimate of drug-likeness (QED) is 0.315. The first kappa shape index (κ1) is 27.7. The standard InChI is InChI=1S/Bi.Li.2Te/q+3;+1;2*-2. The maximum atomic E-state index is 0. The molecular weight excluding hydrogens is 471 g/mol. The maximum absolute atomic E-state index is 0. The van der Waals surface area contributed by atoms with Crippen molar-refractivity contribution in [2.75, 3.05) is 0 Å². The molecule has 0 N–H and O–H groups in total. The molecule has 0 saturated carbocycles. The molecule has 0 nitrogen and oxygen atoms in total. The van der Waals surface area contributed by atoms with Crippen LogP contribution < -0.4 is 18.9 Å². The Morgan fingerprint density at radius 1 is 0.750 bits per heavy atom. The van der Waals surface area contributed by atoms with E-state index in [4.69, 9.17) is 0 Å². The molecule has 0 aromatic rings. The van der Waals surface area contributed by atoms with E-state index in [1.165, 1.54) is 0 Å². The van der Waals surface area contributed by atoms with Gasteiger partial charge in [0.1, 0.15) is 0 Å². The predicted octanol–water partition coefficient (Wildman–Crippen LogP) is -4.14. The molecule has 0 unspecified atom stereocenters. The largest absolute Gasteiger partial charge is 3.00 e. The van der Waals surface area contributed by atoms with Gasteiger partial charge in [0.2, 0.25) is 0 Å². The summed E-state index contributed by atoms with van der Waals surface area (Å²) in [5, 5.41) is 0. The van der Waals surface area contributed by atoms with E-state index in [1.54, 1.807) is 0 Å². The molecule has 0 amide bonds. The van der Waals surface area contributed by atoms with E-state index in [0.29, 0.717) is 0 Å². The van der Waals surface area contributed by atoms with Crippen molar-refractivity contribution >= 4 is 73.5 Å². The second kappa shape index (κ2) is 16.6. The van der Waals surface area contributed by atoms with Crippen molar-refractivity contribution in [1.29, 1.82) is 0 Å². The van der Waals surface area contributed by atoms with Gasteiger partial charge in [-0.1, -0.05) is 0 Å². The fourth-order valence-electron chi connectivity index (χ4n) is 0. The van der Waals surface area contributed by atoms with E-state index in [1.807, 2.05) is 0 Å². The molecule has 4 heteroatoms. The van der Waals surface area contributed by atoms with Crippen LogP contribution in [0.4, 0.5) is 0 Å². The molecule has 0 fully saturated rings. The maximum Gasteiger partial charge on any atom is 3.00 e. The van der Waals surface area contributed by atoms with Gasteiger partial charge < -0.3 is 47.3 Å². The summed E-state index contributed by atoms with van der Waals surface area (Å²) in [6.45, 7) is 0. The topological polar surface area (TPSA) is 0 Å². The van der Waals surface area contributed by atoms with Crippen molar-refractivity contribution in [2.24, 2.45) is 0 Å². The third-order valence-electron chi connectivity index (χ3n) is 0. The Bertz CT molecular complexity index is 6.00. The minimum atomic E-state index is 0. The van der Waals surface area contributed by atoms with Crippen LogP contribution in [0.25, 0.3) is 0 Å². The van der Waals surface area contributed by atoms with Crippen molar-refractivity contribution in [3.8, 4) is 0 Å². The van der Waals surface area contributed by atoms with Crippen LogP contribution >= 0.6 is 0 Å². The van der Waals surface area contributed by atoms with E-state index in [2.05, 4.69) is 0 Å². The van der Waals surface area contributed by atoms with Crippen molar-refractivity contribution in [3.05, 3.63) is 0 Å². The Labute approximate surface area is 90.6 Å². The fourth-order valence-corrected chi connectivity index (χ4v) is 0. The minimum absolute atomic E-state index is 0. The molecule has 0 aliphatic heterocycles. The molecule has 18 valence electrons. The van der Waals surface area contributed by atoms with Gasteiger partial charge in [-0.05, 0) is 0 Å². The summed E-state index contributed by atoms with van der Waals surface area (Å²) in [4.78, 5) is 0. The van der Waals surface area contributed by atoms with Crippen molar-refractivity contribution in [2.45, 2.75) is 0 Å². The molecule has 2 radical (unpaired) electrons. The van der Waals surface area contributed by atoms with Crippen LogP contribution in [-0.2, 0) is 0 Å². The molecule has 0 heterocycles. The van der Waals surface area contributed by atoms with Crippen molar-refractivity contribution in [3.63, 3.8) is 0 Å². The van der Waals surface area contributed by atoms with Gasteiger partial charge in [0.15, 0.2) is 0 Å². The van der Waals surface area contributed by atoms with Crippen LogP contribution in [-0.4, -0.2) is 73.5 Å². The molecular formula is BiLiTe2. The summed E-state index contributed by atoms with van der Waals surface area (Å²) in [5.74, 6) is 0. The van der Waals surface area contributed by atoms with Gasteiger partial charge in [-0.2, -0.15) is 0 Å². The van der Waals surface area contributed by atoms with E-state index in [-0.39, 0.29) is 92.4 Å². The van der Waals surface area contributed by atoms with Gasteiger partial charge in [0, 0.05) is 0 Å². The number of hydrogen-bond donors (Lipinski definition) is 0. The van der Waals surface area contributed by atoms with Crippen LogP contribution in [0.2, 0.25) is 0 Å². The molecule has 0 aromatic heterocycles. The Balaban J connectivity index is 0. The van der Waals surface area contributed by atoms with Crippen LogP contribution in [0.3, 0.4) is 0 Å². The molecule has 0 bridgehead atoms. The van der Waals surface area contributed by atoms with Gasteiger partial charge in [-0.25, -0.2) is 0 Å². The summed E-state index contributed by atoms with van der Waals surface area (Å²) >= 11 is 0. The average Bonchev–Trinajstić information content (AvgIpc) is 0. The Morgan fingerprint density at radius 2 is 0.750 bits per heavy atom. The Morgan fingerprint density at radius 3 is 0.750 bits per heavy atom. The van der Waals surface area contributed by atoms with Gasteiger partial charge >= 0.3 is 45.1 Å². The average molecular weight is 471 g/mol. The molecule has 0 aliphatic rings. The monoisotopic (exact) mass is 476 g/mol. The zero-order valence-electron chi connectivity index (χ0n) is 2.26. The van der Waals surface area contributed by atoms with Gasteiger partial charge in [-0.3, -0.25) is 0 Å². The first-order valence-electron chi connectivity index (χ1n) is 0. The first-order valence-corrected chi connectivity index (χ1v) is 0. The SMILES string of the molecule is [Bi+3].[Li+].[Te-2].[Te-2]. The third-order valence-corrected chi connectivity index (χ3v) is 0. The summed E-state index contributed by atoms with van der Waals surface area (Å²) in [6.07, 6.45) is 0.